The molecule has 1 aromatic rings. The van der Waals surface area contributed by atoms with Crippen LogP contribution < -0.4 is 5.32 Å². The zero-order valence-electron chi connectivity index (χ0n) is 18.4. The second-order valence-corrected chi connectivity index (χ2v) is 9.90. The fourth-order valence-corrected chi connectivity index (χ4v) is 4.61. The van der Waals surface area contributed by atoms with E-state index in [0.29, 0.717) is 32.2 Å². The molecule has 1 aliphatic carbocycles. The summed E-state index contributed by atoms with van der Waals surface area (Å²) >= 11 is 0. The third kappa shape index (κ3) is 7.73. The lowest BCUT2D eigenvalue weighted by atomic mass is 9.77. The number of aliphatic hydroxyl groups excluding tert-OH is 1. The van der Waals surface area contributed by atoms with E-state index in [0.717, 1.165) is 12.0 Å². The van der Waals surface area contributed by atoms with Crippen molar-refractivity contribution in [1.29, 1.82) is 0 Å². The summed E-state index contributed by atoms with van der Waals surface area (Å²) in [6.45, 7) is 5.70. The maximum atomic E-state index is 12.4. The Morgan fingerprint density at radius 2 is 1.83 bits per heavy atom. The smallest absolute Gasteiger partial charge is 0.303 e. The van der Waals surface area contributed by atoms with Crippen molar-refractivity contribution in [3.05, 3.63) is 35.9 Å². The minimum atomic E-state index is -0.992. The maximum Gasteiger partial charge on any atom is 0.303 e. The highest BCUT2D eigenvalue weighted by molar-refractivity contribution is 5.77. The number of aliphatic hydroxyl groups is 2. The van der Waals surface area contributed by atoms with Gasteiger partial charge in [-0.1, -0.05) is 50.6 Å². The Kier molecular flexibility index (Phi) is 8.44. The molecule has 0 bridgehead atoms. The van der Waals surface area contributed by atoms with E-state index in [4.69, 9.17) is 5.11 Å². The van der Waals surface area contributed by atoms with Crippen molar-refractivity contribution in [2.75, 3.05) is 6.54 Å². The lowest BCUT2D eigenvalue weighted by Crippen LogP contribution is -2.44. The standard InChI is InChI=1S/C24H37NO5/c1-23(2,15-22(28)29)14-21(27)25-16-19-10-7-11-20(26)12-18(13-24(19,3)30)17-8-5-4-6-9-17/h4-6,8-9,18-20,26,30H,7,10-16H2,1-3H3,(H,25,27)(H,28,29)/t18-,19+,20-,24-/m1/s1. The summed E-state index contributed by atoms with van der Waals surface area (Å²) in [5.74, 6) is -1.21. The zero-order valence-corrected chi connectivity index (χ0v) is 18.4. The van der Waals surface area contributed by atoms with Crippen LogP contribution in [0, 0.1) is 11.3 Å². The first-order valence-corrected chi connectivity index (χ1v) is 10.9. The number of nitrogens with one attached hydrogen (secondary N) is 1. The summed E-state index contributed by atoms with van der Waals surface area (Å²) in [5.41, 5.74) is -0.509. The SMILES string of the molecule is CC(C)(CC(=O)O)CC(=O)NC[C@@H]1CCC[C@@H](O)C[C@@H](c2ccccc2)C[C@@]1(C)O. The molecule has 0 heterocycles. The summed E-state index contributed by atoms with van der Waals surface area (Å²) in [7, 11) is 0. The number of carbonyl (C=O) groups is 2. The van der Waals surface area contributed by atoms with E-state index in [1.807, 2.05) is 37.3 Å². The Morgan fingerprint density at radius 1 is 1.17 bits per heavy atom. The van der Waals surface area contributed by atoms with Gasteiger partial charge in [0.25, 0.3) is 0 Å². The van der Waals surface area contributed by atoms with Gasteiger partial charge >= 0.3 is 5.97 Å². The van der Waals surface area contributed by atoms with E-state index in [2.05, 4.69) is 5.32 Å². The molecule has 1 aromatic carbocycles. The van der Waals surface area contributed by atoms with E-state index in [9.17, 15) is 19.8 Å². The number of hydrogen-bond donors (Lipinski definition) is 4. The molecule has 6 nitrogen and oxygen atoms in total. The lowest BCUT2D eigenvalue weighted by Gasteiger charge is -2.36. The van der Waals surface area contributed by atoms with Crippen LogP contribution in [0.25, 0.3) is 0 Å². The first-order chi connectivity index (χ1) is 14.0. The molecule has 0 radical (unpaired) electrons. The van der Waals surface area contributed by atoms with E-state index >= 15 is 0 Å². The third-order valence-electron chi connectivity index (χ3n) is 6.27. The summed E-state index contributed by atoms with van der Waals surface area (Å²) in [6.07, 6.45) is 2.94. The Balaban J connectivity index is 2.05. The van der Waals surface area contributed by atoms with Crippen LogP contribution in [0.2, 0.25) is 0 Å². The highest BCUT2D eigenvalue weighted by Crippen LogP contribution is 2.38. The van der Waals surface area contributed by atoms with Gasteiger partial charge in [0.1, 0.15) is 0 Å². The molecule has 30 heavy (non-hydrogen) atoms. The molecule has 1 aliphatic rings. The van der Waals surface area contributed by atoms with Crippen molar-refractivity contribution >= 4 is 11.9 Å². The molecule has 4 N–H and O–H groups in total. The van der Waals surface area contributed by atoms with Crippen LogP contribution >= 0.6 is 0 Å². The van der Waals surface area contributed by atoms with Crippen LogP contribution in [0.3, 0.4) is 0 Å². The van der Waals surface area contributed by atoms with Crippen LogP contribution in [0.4, 0.5) is 0 Å². The molecule has 0 aliphatic heterocycles. The number of hydrogen-bond acceptors (Lipinski definition) is 4. The molecule has 1 fully saturated rings. The van der Waals surface area contributed by atoms with Gasteiger partial charge in [0.2, 0.25) is 5.91 Å². The second-order valence-electron chi connectivity index (χ2n) is 9.90. The van der Waals surface area contributed by atoms with Crippen LogP contribution in [0.5, 0.6) is 0 Å². The zero-order chi connectivity index (χ0) is 22.4. The number of benzene rings is 1. The monoisotopic (exact) mass is 419 g/mol. The molecule has 0 aromatic heterocycles. The van der Waals surface area contributed by atoms with Crippen molar-refractivity contribution in [3.8, 4) is 0 Å². The van der Waals surface area contributed by atoms with E-state index < -0.39 is 23.1 Å². The predicted octanol–water partition coefficient (Wildman–Crippen LogP) is 3.47. The highest BCUT2D eigenvalue weighted by atomic mass is 16.4. The number of carboxylic acid groups (broad SMARTS) is 1. The average molecular weight is 420 g/mol. The Labute approximate surface area is 179 Å². The molecule has 0 unspecified atom stereocenters. The first kappa shape index (κ1) is 24.4. The molecule has 4 atom stereocenters. The number of carbonyl (C=O) groups excluding carboxylic acids is 1. The quantitative estimate of drug-likeness (QED) is 0.541. The summed E-state index contributed by atoms with van der Waals surface area (Å²) in [4.78, 5) is 23.4. The van der Waals surface area contributed by atoms with E-state index in [1.54, 1.807) is 13.8 Å². The fraction of sp³-hybridized carbons (Fsp3) is 0.667. The van der Waals surface area contributed by atoms with Crippen molar-refractivity contribution < 1.29 is 24.9 Å². The molecular formula is C24H37NO5. The molecule has 2 rings (SSSR count). The van der Waals surface area contributed by atoms with Gasteiger partial charge in [-0.15, -0.1) is 0 Å². The first-order valence-electron chi connectivity index (χ1n) is 10.9. The lowest BCUT2D eigenvalue weighted by molar-refractivity contribution is -0.139. The second kappa shape index (κ2) is 10.4. The summed E-state index contributed by atoms with van der Waals surface area (Å²) in [6, 6.07) is 9.97. The van der Waals surface area contributed by atoms with Gasteiger partial charge < -0.3 is 20.6 Å². The summed E-state index contributed by atoms with van der Waals surface area (Å²) in [5, 5.41) is 33.7. The normalized spacial score (nSPS) is 28.1. The van der Waals surface area contributed by atoms with Gasteiger partial charge in [0.15, 0.2) is 0 Å². The van der Waals surface area contributed by atoms with Crippen LogP contribution in [0.15, 0.2) is 30.3 Å². The number of aliphatic carboxylic acids is 1. The van der Waals surface area contributed by atoms with Crippen LogP contribution in [-0.2, 0) is 9.59 Å². The topological polar surface area (TPSA) is 107 Å². The largest absolute Gasteiger partial charge is 0.481 e. The Hall–Kier alpha value is -1.92. The van der Waals surface area contributed by atoms with Gasteiger partial charge in [-0.05, 0) is 49.5 Å². The van der Waals surface area contributed by atoms with Gasteiger partial charge in [0, 0.05) is 18.9 Å². The van der Waals surface area contributed by atoms with Crippen molar-refractivity contribution in [2.24, 2.45) is 11.3 Å². The van der Waals surface area contributed by atoms with E-state index in [1.165, 1.54) is 0 Å². The van der Waals surface area contributed by atoms with Crippen molar-refractivity contribution in [3.63, 3.8) is 0 Å². The molecule has 1 amide bonds. The molecule has 168 valence electrons. The summed E-state index contributed by atoms with van der Waals surface area (Å²) < 4.78 is 0. The minimum absolute atomic E-state index is 0.0435. The maximum absolute atomic E-state index is 12.4. The van der Waals surface area contributed by atoms with Gasteiger partial charge in [-0.25, -0.2) is 0 Å². The van der Waals surface area contributed by atoms with Crippen molar-refractivity contribution in [2.45, 2.75) is 83.3 Å². The molecule has 0 saturated heterocycles. The van der Waals surface area contributed by atoms with Gasteiger partial charge in [-0.3, -0.25) is 9.59 Å². The van der Waals surface area contributed by atoms with Crippen LogP contribution in [0.1, 0.15) is 77.2 Å². The van der Waals surface area contributed by atoms with Gasteiger partial charge in [-0.2, -0.15) is 0 Å². The van der Waals surface area contributed by atoms with Gasteiger partial charge in [0.05, 0.1) is 18.1 Å². The van der Waals surface area contributed by atoms with Crippen LogP contribution in [-0.4, -0.2) is 45.4 Å². The average Bonchev–Trinajstić information content (AvgIpc) is 2.67. The molecule has 6 heteroatoms. The number of amides is 1. The molecule has 0 spiro atoms. The number of carboxylic acids is 1. The number of rotatable bonds is 7. The molecular weight excluding hydrogens is 382 g/mol. The minimum Gasteiger partial charge on any atom is -0.481 e. The Morgan fingerprint density at radius 3 is 2.47 bits per heavy atom. The fourth-order valence-electron chi connectivity index (χ4n) is 4.61. The highest BCUT2D eigenvalue weighted by Gasteiger charge is 2.37. The molecule has 1 saturated carbocycles. The van der Waals surface area contributed by atoms with E-state index in [-0.39, 0.29) is 30.6 Å². The predicted molar refractivity (Wildman–Crippen MR) is 116 cm³/mol. The van der Waals surface area contributed by atoms with Crippen molar-refractivity contribution in [1.82, 2.24) is 5.32 Å². The Bertz CT molecular complexity index is 701. The third-order valence-corrected chi connectivity index (χ3v) is 6.27.